The number of nitrogens with two attached hydrogens (primary N) is 2. The van der Waals surface area contributed by atoms with Crippen molar-refractivity contribution in [2.75, 3.05) is 11.9 Å². The first-order valence-corrected chi connectivity index (χ1v) is 8.06. The Bertz CT molecular complexity index is 590. The zero-order valence-corrected chi connectivity index (χ0v) is 11.9. The summed E-state index contributed by atoms with van der Waals surface area (Å²) in [5, 5.41) is 7.82. The SMILES string of the molecule is NCC1(C(=O)Nc2ccc(S(N)(=O)=O)cc2)CCCC1. The summed E-state index contributed by atoms with van der Waals surface area (Å²) in [7, 11) is -3.71. The van der Waals surface area contributed by atoms with Crippen LogP contribution >= 0.6 is 0 Å². The molecule has 1 aromatic carbocycles. The maximum atomic E-state index is 12.3. The minimum Gasteiger partial charge on any atom is -0.329 e. The number of rotatable bonds is 4. The largest absolute Gasteiger partial charge is 0.329 e. The van der Waals surface area contributed by atoms with Crippen molar-refractivity contribution in [3.05, 3.63) is 24.3 Å². The van der Waals surface area contributed by atoms with E-state index in [1.807, 2.05) is 0 Å². The van der Waals surface area contributed by atoms with E-state index in [9.17, 15) is 13.2 Å². The van der Waals surface area contributed by atoms with Gasteiger partial charge in [-0.25, -0.2) is 13.6 Å². The predicted molar refractivity (Wildman–Crippen MR) is 76.4 cm³/mol. The molecule has 20 heavy (non-hydrogen) atoms. The van der Waals surface area contributed by atoms with E-state index in [2.05, 4.69) is 5.32 Å². The molecule has 0 saturated heterocycles. The third-order valence-electron chi connectivity index (χ3n) is 3.87. The molecule has 0 heterocycles. The van der Waals surface area contributed by atoms with Gasteiger partial charge < -0.3 is 11.1 Å². The molecule has 0 unspecified atom stereocenters. The Kier molecular flexibility index (Phi) is 4.12. The predicted octanol–water partition coefficient (Wildman–Crippen LogP) is 0.792. The first-order valence-electron chi connectivity index (χ1n) is 6.52. The van der Waals surface area contributed by atoms with Crippen molar-refractivity contribution < 1.29 is 13.2 Å². The minimum absolute atomic E-state index is 0.0184. The maximum Gasteiger partial charge on any atom is 0.238 e. The molecule has 1 amide bonds. The number of hydrogen-bond donors (Lipinski definition) is 3. The van der Waals surface area contributed by atoms with Gasteiger partial charge in [-0.15, -0.1) is 0 Å². The summed E-state index contributed by atoms with van der Waals surface area (Å²) in [5.41, 5.74) is 5.80. The van der Waals surface area contributed by atoms with Crippen molar-refractivity contribution in [2.24, 2.45) is 16.3 Å². The Balaban J connectivity index is 2.12. The standard InChI is InChI=1S/C13H19N3O3S/c14-9-13(7-1-2-8-13)12(17)16-10-3-5-11(6-4-10)20(15,18)19/h3-6H,1-2,7-9,14H2,(H,16,17)(H2,15,18,19). The molecule has 6 nitrogen and oxygen atoms in total. The molecular weight excluding hydrogens is 278 g/mol. The number of carbonyl (C=O) groups is 1. The molecule has 0 spiro atoms. The van der Waals surface area contributed by atoms with Crippen molar-refractivity contribution in [3.63, 3.8) is 0 Å². The molecule has 0 bridgehead atoms. The van der Waals surface area contributed by atoms with Crippen molar-refractivity contribution in [3.8, 4) is 0 Å². The zero-order valence-electron chi connectivity index (χ0n) is 11.1. The average Bonchev–Trinajstić information content (AvgIpc) is 2.88. The second kappa shape index (κ2) is 5.51. The van der Waals surface area contributed by atoms with Crippen LogP contribution in [0.5, 0.6) is 0 Å². The highest BCUT2D eigenvalue weighted by Crippen LogP contribution is 2.38. The van der Waals surface area contributed by atoms with Crippen molar-refractivity contribution in [1.29, 1.82) is 0 Å². The first kappa shape index (κ1) is 15.0. The van der Waals surface area contributed by atoms with Crippen LogP contribution in [0.1, 0.15) is 25.7 Å². The normalized spacial score (nSPS) is 17.9. The molecule has 1 aliphatic rings. The highest BCUT2D eigenvalue weighted by molar-refractivity contribution is 7.89. The fraction of sp³-hybridized carbons (Fsp3) is 0.462. The number of hydrogen-bond acceptors (Lipinski definition) is 4. The van der Waals surface area contributed by atoms with E-state index in [-0.39, 0.29) is 10.8 Å². The van der Waals surface area contributed by atoms with Crippen LogP contribution in [0.15, 0.2) is 29.2 Å². The molecule has 1 saturated carbocycles. The van der Waals surface area contributed by atoms with E-state index < -0.39 is 15.4 Å². The van der Waals surface area contributed by atoms with Gasteiger partial charge in [0.2, 0.25) is 15.9 Å². The summed E-state index contributed by atoms with van der Waals surface area (Å²) in [6.45, 7) is 0.327. The number of anilines is 1. The zero-order chi connectivity index (χ0) is 14.8. The third-order valence-corrected chi connectivity index (χ3v) is 4.80. The average molecular weight is 297 g/mol. The number of carbonyl (C=O) groups excluding carboxylic acids is 1. The smallest absolute Gasteiger partial charge is 0.238 e. The lowest BCUT2D eigenvalue weighted by molar-refractivity contribution is -0.124. The van der Waals surface area contributed by atoms with Crippen LogP contribution in [0, 0.1) is 5.41 Å². The number of sulfonamides is 1. The summed E-state index contributed by atoms with van der Waals surface area (Å²) < 4.78 is 22.3. The third kappa shape index (κ3) is 3.00. The van der Waals surface area contributed by atoms with Gasteiger partial charge in [0, 0.05) is 12.2 Å². The molecule has 0 radical (unpaired) electrons. The van der Waals surface area contributed by atoms with Crippen LogP contribution in [-0.4, -0.2) is 20.9 Å². The topological polar surface area (TPSA) is 115 Å². The lowest BCUT2D eigenvalue weighted by atomic mass is 9.85. The van der Waals surface area contributed by atoms with Gasteiger partial charge in [0.15, 0.2) is 0 Å². The Hall–Kier alpha value is -1.44. The monoisotopic (exact) mass is 297 g/mol. The lowest BCUT2D eigenvalue weighted by Crippen LogP contribution is -2.40. The van der Waals surface area contributed by atoms with Crippen molar-refractivity contribution in [2.45, 2.75) is 30.6 Å². The van der Waals surface area contributed by atoms with Gasteiger partial charge in [-0.05, 0) is 37.1 Å². The van der Waals surface area contributed by atoms with E-state index >= 15 is 0 Å². The quantitative estimate of drug-likeness (QED) is 0.762. The van der Waals surface area contributed by atoms with Crippen LogP contribution in [0.3, 0.4) is 0 Å². The van der Waals surface area contributed by atoms with Gasteiger partial charge in [0.1, 0.15) is 0 Å². The van der Waals surface area contributed by atoms with Gasteiger partial charge in [0.05, 0.1) is 10.3 Å². The van der Waals surface area contributed by atoms with E-state index in [0.717, 1.165) is 25.7 Å². The minimum atomic E-state index is -3.71. The van der Waals surface area contributed by atoms with Gasteiger partial charge in [-0.1, -0.05) is 12.8 Å². The van der Waals surface area contributed by atoms with E-state index in [4.69, 9.17) is 10.9 Å². The Morgan fingerprint density at radius 3 is 2.20 bits per heavy atom. The fourth-order valence-electron chi connectivity index (χ4n) is 2.57. The van der Waals surface area contributed by atoms with E-state index in [0.29, 0.717) is 12.2 Å². The Labute approximate surface area is 118 Å². The highest BCUT2D eigenvalue weighted by atomic mass is 32.2. The van der Waals surface area contributed by atoms with Crippen molar-refractivity contribution in [1.82, 2.24) is 0 Å². The van der Waals surface area contributed by atoms with Crippen LogP contribution in [0.25, 0.3) is 0 Å². The molecule has 1 aromatic rings. The Morgan fingerprint density at radius 2 is 1.75 bits per heavy atom. The summed E-state index contributed by atoms with van der Waals surface area (Å²) in [6, 6.07) is 5.79. The summed E-state index contributed by atoms with van der Waals surface area (Å²) >= 11 is 0. The molecule has 110 valence electrons. The summed E-state index contributed by atoms with van der Waals surface area (Å²) in [5.74, 6) is -0.0964. The molecule has 5 N–H and O–H groups in total. The van der Waals surface area contributed by atoms with Crippen LogP contribution in [0.4, 0.5) is 5.69 Å². The molecule has 2 rings (SSSR count). The van der Waals surface area contributed by atoms with Gasteiger partial charge in [-0.3, -0.25) is 4.79 Å². The van der Waals surface area contributed by atoms with Crippen LogP contribution in [-0.2, 0) is 14.8 Å². The second-order valence-electron chi connectivity index (χ2n) is 5.22. The highest BCUT2D eigenvalue weighted by Gasteiger charge is 2.39. The van der Waals surface area contributed by atoms with Crippen molar-refractivity contribution >= 4 is 21.6 Å². The maximum absolute atomic E-state index is 12.3. The number of nitrogens with one attached hydrogen (secondary N) is 1. The summed E-state index contributed by atoms with van der Waals surface area (Å²) in [6.07, 6.45) is 3.61. The summed E-state index contributed by atoms with van der Waals surface area (Å²) in [4.78, 5) is 12.3. The number of benzene rings is 1. The first-order chi connectivity index (χ1) is 9.37. The molecule has 1 aliphatic carbocycles. The number of primary sulfonamides is 1. The van der Waals surface area contributed by atoms with Gasteiger partial charge >= 0.3 is 0 Å². The Morgan fingerprint density at radius 1 is 1.20 bits per heavy atom. The molecule has 1 fully saturated rings. The number of amides is 1. The van der Waals surface area contributed by atoms with Gasteiger partial charge in [0.25, 0.3) is 0 Å². The van der Waals surface area contributed by atoms with Crippen LogP contribution in [0.2, 0.25) is 0 Å². The molecule has 0 aliphatic heterocycles. The van der Waals surface area contributed by atoms with E-state index in [1.165, 1.54) is 24.3 Å². The molecule has 7 heteroatoms. The molecular formula is C13H19N3O3S. The van der Waals surface area contributed by atoms with Crippen LogP contribution < -0.4 is 16.2 Å². The van der Waals surface area contributed by atoms with E-state index in [1.54, 1.807) is 0 Å². The lowest BCUT2D eigenvalue weighted by Gasteiger charge is -2.25. The molecule has 0 atom stereocenters. The second-order valence-corrected chi connectivity index (χ2v) is 6.78. The molecule has 0 aromatic heterocycles. The van der Waals surface area contributed by atoms with Gasteiger partial charge in [-0.2, -0.15) is 0 Å². The fourth-order valence-corrected chi connectivity index (χ4v) is 3.08.